The molecule has 0 N–H and O–H groups in total. The van der Waals surface area contributed by atoms with Crippen LogP contribution in [0.2, 0.25) is 0 Å². The molecule has 0 aromatic heterocycles. The molecule has 0 saturated carbocycles. The van der Waals surface area contributed by atoms with Crippen molar-refractivity contribution in [3.63, 3.8) is 0 Å². The number of benzene rings is 3. The highest BCUT2D eigenvalue weighted by atomic mass is 16.6. The number of ketones is 1. The van der Waals surface area contributed by atoms with Crippen LogP contribution in [0.25, 0.3) is 6.08 Å². The Bertz CT molecular complexity index is 1490. The van der Waals surface area contributed by atoms with Crippen LogP contribution in [0.15, 0.2) is 48.2 Å². The second kappa shape index (κ2) is 9.33. The Kier molecular flexibility index (Phi) is 5.83. The maximum absolute atomic E-state index is 13.4. The molecule has 3 aromatic rings. The summed E-state index contributed by atoms with van der Waals surface area (Å²) in [6.45, 7) is 0.815. The van der Waals surface area contributed by atoms with Gasteiger partial charge in [-0.2, -0.15) is 0 Å². The average molecular weight is 517 g/mol. The lowest BCUT2D eigenvalue weighted by atomic mass is 9.84. The normalized spacial score (nSPS) is 18.3. The van der Waals surface area contributed by atoms with Gasteiger partial charge in [0.25, 0.3) is 0 Å². The number of allylic oxidation sites excluding steroid dienone is 1. The summed E-state index contributed by atoms with van der Waals surface area (Å²) in [6.07, 6.45) is 1.67. The van der Waals surface area contributed by atoms with Crippen LogP contribution in [0.4, 0.5) is 0 Å². The molecule has 1 atom stereocenters. The van der Waals surface area contributed by atoms with Crippen molar-refractivity contribution in [2.24, 2.45) is 0 Å². The fourth-order valence-electron chi connectivity index (χ4n) is 5.05. The summed E-state index contributed by atoms with van der Waals surface area (Å²) >= 11 is 0. The zero-order valence-electron chi connectivity index (χ0n) is 21.0. The van der Waals surface area contributed by atoms with Gasteiger partial charge in [-0.15, -0.1) is 0 Å². The molecule has 0 amide bonds. The smallest absolute Gasteiger partial charge is 0.312 e. The van der Waals surface area contributed by atoms with Crippen molar-refractivity contribution >= 4 is 17.8 Å². The second-order valence-corrected chi connectivity index (χ2v) is 8.85. The molecule has 0 spiro atoms. The number of ether oxygens (including phenoxy) is 7. The van der Waals surface area contributed by atoms with Gasteiger partial charge >= 0.3 is 5.97 Å². The van der Waals surface area contributed by atoms with Crippen molar-refractivity contribution < 1.29 is 42.7 Å². The Balaban J connectivity index is 1.46. The predicted molar refractivity (Wildman–Crippen MR) is 135 cm³/mol. The van der Waals surface area contributed by atoms with Crippen molar-refractivity contribution in [3.8, 4) is 40.2 Å². The third-order valence-corrected chi connectivity index (χ3v) is 6.75. The molecule has 0 bridgehead atoms. The highest BCUT2D eigenvalue weighted by Crippen LogP contribution is 2.51. The molecule has 9 nitrogen and oxygen atoms in total. The molecule has 9 heteroatoms. The Hall–Kier alpha value is -4.66. The number of fused-ring (bicyclic) bond motifs is 4. The molecule has 3 heterocycles. The van der Waals surface area contributed by atoms with Crippen molar-refractivity contribution in [1.82, 2.24) is 0 Å². The molecule has 6 rings (SSSR count). The number of Topliss-reactive ketones (excluding diaryl/α,β-unsaturated/α-hetero) is 1. The summed E-state index contributed by atoms with van der Waals surface area (Å²) in [6, 6.07) is 12.3. The Labute approximate surface area is 218 Å². The quantitative estimate of drug-likeness (QED) is 0.275. The summed E-state index contributed by atoms with van der Waals surface area (Å²) < 4.78 is 39.7. The molecule has 3 aliphatic heterocycles. The largest absolute Gasteiger partial charge is 0.493 e. The van der Waals surface area contributed by atoms with E-state index < -0.39 is 11.9 Å². The second-order valence-electron chi connectivity index (χ2n) is 8.85. The number of carbonyl (C=O) groups excluding carboxylic acids is 2. The van der Waals surface area contributed by atoms with E-state index in [2.05, 4.69) is 0 Å². The van der Waals surface area contributed by atoms with Crippen LogP contribution >= 0.6 is 0 Å². The number of rotatable bonds is 5. The van der Waals surface area contributed by atoms with Crippen LogP contribution < -0.4 is 33.2 Å². The van der Waals surface area contributed by atoms with Gasteiger partial charge in [-0.25, -0.2) is 0 Å². The molecular formula is C29H24O9. The van der Waals surface area contributed by atoms with E-state index in [9.17, 15) is 9.59 Å². The summed E-state index contributed by atoms with van der Waals surface area (Å²) in [5.41, 5.74) is 2.36. The van der Waals surface area contributed by atoms with E-state index in [4.69, 9.17) is 33.2 Å². The van der Waals surface area contributed by atoms with Gasteiger partial charge in [0.05, 0.1) is 33.3 Å². The summed E-state index contributed by atoms with van der Waals surface area (Å²) in [5.74, 6) is 2.21. The molecule has 0 fully saturated rings. The van der Waals surface area contributed by atoms with Crippen molar-refractivity contribution in [2.45, 2.75) is 12.3 Å². The summed E-state index contributed by atoms with van der Waals surface area (Å²) in [5, 5.41) is 0. The molecule has 0 saturated heterocycles. The van der Waals surface area contributed by atoms with E-state index in [1.807, 2.05) is 12.1 Å². The predicted octanol–water partition coefficient (Wildman–Crippen LogP) is 4.54. The number of esters is 1. The zero-order chi connectivity index (χ0) is 26.4. The van der Waals surface area contributed by atoms with Crippen LogP contribution in [-0.4, -0.2) is 46.3 Å². The van der Waals surface area contributed by atoms with Crippen molar-refractivity contribution in [2.75, 3.05) is 34.5 Å². The molecule has 0 unspecified atom stereocenters. The maximum Gasteiger partial charge on any atom is 0.312 e. The van der Waals surface area contributed by atoms with Gasteiger partial charge in [0.1, 0.15) is 24.7 Å². The van der Waals surface area contributed by atoms with E-state index in [-0.39, 0.29) is 18.0 Å². The molecular weight excluding hydrogens is 492 g/mol. The van der Waals surface area contributed by atoms with E-state index in [1.54, 1.807) is 50.6 Å². The maximum atomic E-state index is 13.4. The Morgan fingerprint density at radius 3 is 2.45 bits per heavy atom. The lowest BCUT2D eigenvalue weighted by molar-refractivity contribution is -0.135. The van der Waals surface area contributed by atoms with Crippen LogP contribution in [0.5, 0.6) is 40.2 Å². The average Bonchev–Trinajstić information content (AvgIpc) is 3.26. The third kappa shape index (κ3) is 3.78. The molecule has 0 radical (unpaired) electrons. The monoisotopic (exact) mass is 516 g/mol. The Morgan fingerprint density at radius 2 is 1.66 bits per heavy atom. The van der Waals surface area contributed by atoms with Gasteiger partial charge in [-0.1, -0.05) is 12.1 Å². The fourth-order valence-corrected chi connectivity index (χ4v) is 5.05. The topological polar surface area (TPSA) is 98.8 Å². The van der Waals surface area contributed by atoms with Gasteiger partial charge in [-0.05, 0) is 42.0 Å². The van der Waals surface area contributed by atoms with E-state index in [1.165, 1.54) is 7.11 Å². The first kappa shape index (κ1) is 23.7. The van der Waals surface area contributed by atoms with E-state index >= 15 is 0 Å². The number of para-hydroxylation sites is 1. The number of carbonyl (C=O) groups is 2. The van der Waals surface area contributed by atoms with Gasteiger partial charge in [0.15, 0.2) is 28.8 Å². The fraction of sp³-hybridized carbons (Fsp3) is 0.241. The van der Waals surface area contributed by atoms with Gasteiger partial charge in [0.2, 0.25) is 11.5 Å². The third-order valence-electron chi connectivity index (χ3n) is 6.75. The minimum Gasteiger partial charge on any atom is -0.493 e. The van der Waals surface area contributed by atoms with Crippen molar-refractivity contribution in [1.29, 1.82) is 0 Å². The van der Waals surface area contributed by atoms with Crippen LogP contribution in [0, 0.1) is 0 Å². The molecule has 194 valence electrons. The minimum atomic E-state index is -0.468. The first-order valence-electron chi connectivity index (χ1n) is 12.0. The molecule has 38 heavy (non-hydrogen) atoms. The minimum absolute atomic E-state index is 0.0482. The standard InChI is InChI=1S/C29H24O9/c1-32-20-6-4-5-15(27(20)34-3)11-21-26(31)17-7-8-19-25(28(17)38-21)18(14-24(30)37-19)16-12-22(33-2)29-23(13-16)35-9-10-36-29/h4-8,11-13,18H,9-10,14H2,1-3H3/b21-11-/t18-/m0/s1. The number of hydrogen-bond acceptors (Lipinski definition) is 9. The van der Waals surface area contributed by atoms with Crippen LogP contribution in [-0.2, 0) is 4.79 Å². The van der Waals surface area contributed by atoms with Crippen LogP contribution in [0.3, 0.4) is 0 Å². The van der Waals surface area contributed by atoms with Crippen LogP contribution in [0.1, 0.15) is 39.4 Å². The molecule has 3 aromatic carbocycles. The van der Waals surface area contributed by atoms with Crippen molar-refractivity contribution in [3.05, 3.63) is 70.5 Å². The molecule has 3 aliphatic rings. The number of methoxy groups -OCH3 is 3. The zero-order valence-corrected chi connectivity index (χ0v) is 21.0. The summed E-state index contributed by atoms with van der Waals surface area (Å²) in [7, 11) is 4.62. The molecule has 0 aliphatic carbocycles. The summed E-state index contributed by atoms with van der Waals surface area (Å²) in [4.78, 5) is 26.0. The highest BCUT2D eigenvalue weighted by Gasteiger charge is 2.39. The lowest BCUT2D eigenvalue weighted by Crippen LogP contribution is -2.22. The number of hydrogen-bond donors (Lipinski definition) is 0. The van der Waals surface area contributed by atoms with E-state index in [0.717, 1.165) is 5.56 Å². The first-order valence-corrected chi connectivity index (χ1v) is 12.0. The van der Waals surface area contributed by atoms with E-state index in [0.29, 0.717) is 70.2 Å². The Morgan fingerprint density at radius 1 is 0.842 bits per heavy atom. The SMILES string of the molecule is COc1cccc(/C=C2\Oc3c(ccc4c3[C@H](c3cc(OC)c5c(c3)OCCO5)CC(=O)O4)C2=O)c1OC. The van der Waals surface area contributed by atoms with Gasteiger partial charge < -0.3 is 33.2 Å². The van der Waals surface area contributed by atoms with Gasteiger partial charge in [0, 0.05) is 17.0 Å². The lowest BCUT2D eigenvalue weighted by Gasteiger charge is -2.28. The first-order chi connectivity index (χ1) is 18.5. The van der Waals surface area contributed by atoms with Gasteiger partial charge in [-0.3, -0.25) is 9.59 Å². The highest BCUT2D eigenvalue weighted by molar-refractivity contribution is 6.15.